The molecule has 2 amide bonds. The van der Waals surface area contributed by atoms with E-state index in [-0.39, 0.29) is 12.1 Å². The van der Waals surface area contributed by atoms with Gasteiger partial charge in [0.15, 0.2) is 5.82 Å². The van der Waals surface area contributed by atoms with Crippen LogP contribution in [0.15, 0.2) is 59.9 Å². The Labute approximate surface area is 148 Å². The summed E-state index contributed by atoms with van der Waals surface area (Å²) in [7, 11) is 0. The second kappa shape index (κ2) is 5.56. The van der Waals surface area contributed by atoms with E-state index in [2.05, 4.69) is 20.5 Å². The van der Waals surface area contributed by atoms with Crippen molar-refractivity contribution in [2.24, 2.45) is 0 Å². The predicted octanol–water partition coefficient (Wildman–Crippen LogP) is 3.55. The number of benzene rings is 1. The van der Waals surface area contributed by atoms with Gasteiger partial charge in [0.25, 0.3) is 0 Å². The van der Waals surface area contributed by atoms with Crippen LogP contribution in [0.5, 0.6) is 0 Å². The van der Waals surface area contributed by atoms with E-state index >= 15 is 0 Å². The number of aromatic nitrogens is 3. The van der Waals surface area contributed by atoms with Crippen LogP contribution in [-0.2, 0) is 0 Å². The van der Waals surface area contributed by atoms with Crippen molar-refractivity contribution < 1.29 is 4.79 Å². The molecule has 0 saturated heterocycles. The maximum absolute atomic E-state index is 12.7. The van der Waals surface area contributed by atoms with Crippen molar-refractivity contribution in [1.82, 2.24) is 20.5 Å². The van der Waals surface area contributed by atoms with Gasteiger partial charge in [-0.2, -0.15) is 5.10 Å². The van der Waals surface area contributed by atoms with E-state index in [0.29, 0.717) is 5.82 Å². The van der Waals surface area contributed by atoms with Crippen LogP contribution in [0.2, 0.25) is 0 Å². The normalized spacial score (nSPS) is 18.0. The quantitative estimate of drug-likeness (QED) is 0.768. The average Bonchev–Trinajstić information content (AvgIpc) is 3.07. The molecule has 1 atom stereocenters. The fourth-order valence-electron chi connectivity index (χ4n) is 3.25. The molecule has 2 aliphatic rings. The van der Waals surface area contributed by atoms with E-state index in [0.717, 1.165) is 33.2 Å². The van der Waals surface area contributed by atoms with E-state index in [9.17, 15) is 4.79 Å². The van der Waals surface area contributed by atoms with E-state index in [4.69, 9.17) is 0 Å². The van der Waals surface area contributed by atoms with Crippen LogP contribution in [0, 0.1) is 0 Å². The number of anilines is 2. The lowest BCUT2D eigenvalue weighted by Gasteiger charge is -2.31. The second-order valence-corrected chi connectivity index (χ2v) is 6.87. The molecule has 0 bridgehead atoms. The highest BCUT2D eigenvalue weighted by molar-refractivity contribution is 7.99. The van der Waals surface area contributed by atoms with Gasteiger partial charge >= 0.3 is 6.03 Å². The Morgan fingerprint density at radius 3 is 2.92 bits per heavy atom. The fourth-order valence-corrected chi connectivity index (χ4v) is 4.36. The summed E-state index contributed by atoms with van der Waals surface area (Å²) in [6.45, 7) is 0. The van der Waals surface area contributed by atoms with E-state index in [1.807, 2.05) is 42.5 Å². The molecule has 0 aliphatic carbocycles. The lowest BCUT2D eigenvalue weighted by Crippen LogP contribution is -2.44. The third kappa shape index (κ3) is 2.27. The van der Waals surface area contributed by atoms with E-state index in [1.165, 1.54) is 0 Å². The lowest BCUT2D eigenvalue weighted by atomic mass is 10.1. The molecule has 122 valence electrons. The minimum atomic E-state index is -0.184. The maximum atomic E-state index is 12.7. The minimum absolute atomic E-state index is 0.0118. The molecule has 0 saturated carbocycles. The van der Waals surface area contributed by atoms with Crippen LogP contribution >= 0.6 is 11.8 Å². The van der Waals surface area contributed by atoms with Gasteiger partial charge in [0.1, 0.15) is 5.03 Å². The number of nitrogens with one attached hydrogen (secondary N) is 1. The number of hydrogen-bond donors (Lipinski definition) is 1. The van der Waals surface area contributed by atoms with Crippen molar-refractivity contribution in [3.63, 3.8) is 0 Å². The molecule has 1 aromatic carbocycles. The summed E-state index contributed by atoms with van der Waals surface area (Å²) >= 11 is 1.67. The fraction of sp³-hybridized carbons (Fsp3) is 0.111. The van der Waals surface area contributed by atoms with Crippen molar-refractivity contribution in [1.29, 1.82) is 0 Å². The largest absolute Gasteiger partial charge is 0.330 e. The van der Waals surface area contributed by atoms with Gasteiger partial charge in [-0.05, 0) is 17.7 Å². The molecule has 0 spiro atoms. The van der Waals surface area contributed by atoms with Crippen LogP contribution in [0.3, 0.4) is 0 Å². The third-order valence-corrected chi connectivity index (χ3v) is 5.48. The highest BCUT2D eigenvalue weighted by atomic mass is 32.2. The van der Waals surface area contributed by atoms with Crippen LogP contribution in [-0.4, -0.2) is 27.0 Å². The topological polar surface area (TPSA) is 71.0 Å². The first-order chi connectivity index (χ1) is 12.3. The standard InChI is InChI=1S/C18H13N5OS/c24-18-21-13-10-25-17-16(13)14(6-7-19-17)23(18)15-8-12(9-20-22-15)11-4-2-1-3-5-11/h1-9,13H,10H2,(H,21,24). The molecular weight excluding hydrogens is 334 g/mol. The minimum Gasteiger partial charge on any atom is -0.330 e. The van der Waals surface area contributed by atoms with E-state index < -0.39 is 0 Å². The Morgan fingerprint density at radius 1 is 1.16 bits per heavy atom. The number of rotatable bonds is 2. The average molecular weight is 347 g/mol. The van der Waals surface area contributed by atoms with Crippen LogP contribution in [0.25, 0.3) is 11.1 Å². The molecule has 0 fully saturated rings. The number of thioether (sulfide) groups is 1. The Bertz CT molecular complexity index is 978. The lowest BCUT2D eigenvalue weighted by molar-refractivity contribution is 0.244. The summed E-state index contributed by atoms with van der Waals surface area (Å²) in [4.78, 5) is 18.7. The van der Waals surface area contributed by atoms with Crippen LogP contribution < -0.4 is 10.2 Å². The first kappa shape index (κ1) is 14.4. The van der Waals surface area contributed by atoms with Crippen molar-refractivity contribution in [3.05, 3.63) is 60.4 Å². The molecule has 1 N–H and O–H groups in total. The monoisotopic (exact) mass is 347 g/mol. The zero-order chi connectivity index (χ0) is 16.8. The summed E-state index contributed by atoms with van der Waals surface area (Å²) in [6.07, 6.45) is 3.44. The number of carbonyl (C=O) groups excluding carboxylic acids is 1. The molecule has 4 heterocycles. The van der Waals surface area contributed by atoms with Crippen molar-refractivity contribution in [2.45, 2.75) is 11.1 Å². The van der Waals surface area contributed by atoms with Crippen LogP contribution in [0.4, 0.5) is 16.3 Å². The van der Waals surface area contributed by atoms with Gasteiger partial charge in [-0.15, -0.1) is 16.9 Å². The van der Waals surface area contributed by atoms with Crippen molar-refractivity contribution in [3.8, 4) is 11.1 Å². The van der Waals surface area contributed by atoms with Gasteiger partial charge in [-0.1, -0.05) is 30.3 Å². The highest BCUT2D eigenvalue weighted by Crippen LogP contribution is 2.46. The Hall–Kier alpha value is -2.93. The zero-order valence-corrected chi connectivity index (χ0v) is 13.9. The number of hydrogen-bond acceptors (Lipinski definition) is 5. The van der Waals surface area contributed by atoms with Crippen molar-refractivity contribution in [2.75, 3.05) is 10.7 Å². The first-order valence-electron chi connectivity index (χ1n) is 7.92. The highest BCUT2D eigenvalue weighted by Gasteiger charge is 2.38. The predicted molar refractivity (Wildman–Crippen MR) is 95.8 cm³/mol. The maximum Gasteiger partial charge on any atom is 0.328 e. The molecule has 0 radical (unpaired) electrons. The molecule has 2 aliphatic heterocycles. The summed E-state index contributed by atoms with van der Waals surface area (Å²) in [6, 6.07) is 13.5. The zero-order valence-electron chi connectivity index (χ0n) is 13.1. The molecule has 6 nitrogen and oxygen atoms in total. The van der Waals surface area contributed by atoms with Crippen LogP contribution in [0.1, 0.15) is 11.6 Å². The van der Waals surface area contributed by atoms with Gasteiger partial charge < -0.3 is 5.32 Å². The third-order valence-electron chi connectivity index (χ3n) is 4.39. The molecule has 2 aromatic heterocycles. The van der Waals surface area contributed by atoms with Gasteiger partial charge in [0.05, 0.1) is 17.9 Å². The molecule has 25 heavy (non-hydrogen) atoms. The molecular formula is C18H13N5OS. The summed E-state index contributed by atoms with van der Waals surface area (Å²) in [5.41, 5.74) is 3.85. The summed E-state index contributed by atoms with van der Waals surface area (Å²) in [5, 5.41) is 12.3. The number of pyridine rings is 1. The Balaban J connectivity index is 1.64. The van der Waals surface area contributed by atoms with Gasteiger partial charge in [-0.25, -0.2) is 14.7 Å². The number of amides is 2. The number of nitrogens with zero attached hydrogens (tertiary/aromatic N) is 4. The number of urea groups is 1. The molecule has 5 rings (SSSR count). The van der Waals surface area contributed by atoms with Crippen molar-refractivity contribution >= 4 is 29.3 Å². The summed E-state index contributed by atoms with van der Waals surface area (Å²) in [5.74, 6) is 1.32. The summed E-state index contributed by atoms with van der Waals surface area (Å²) < 4.78 is 0. The molecule has 1 unspecified atom stereocenters. The smallest absolute Gasteiger partial charge is 0.328 e. The Morgan fingerprint density at radius 2 is 2.04 bits per heavy atom. The molecule has 7 heteroatoms. The van der Waals surface area contributed by atoms with E-state index in [1.54, 1.807) is 29.1 Å². The number of carbonyl (C=O) groups is 1. The van der Waals surface area contributed by atoms with Gasteiger partial charge in [0.2, 0.25) is 0 Å². The van der Waals surface area contributed by atoms with Gasteiger partial charge in [0, 0.05) is 23.1 Å². The molecule has 3 aromatic rings. The van der Waals surface area contributed by atoms with Gasteiger partial charge in [-0.3, -0.25) is 0 Å². The second-order valence-electron chi connectivity index (χ2n) is 5.87. The SMILES string of the molecule is O=C1NC2CSc3nccc(c32)N1c1cc(-c2ccccc2)cnn1. The Kier molecular flexibility index (Phi) is 3.21. The first-order valence-corrected chi connectivity index (χ1v) is 8.90.